The van der Waals surface area contributed by atoms with E-state index in [-0.39, 0.29) is 5.91 Å². The fourth-order valence-electron chi connectivity index (χ4n) is 4.21. The number of aryl methyl sites for hydroxylation is 4. The Hall–Kier alpha value is -3.60. The van der Waals surface area contributed by atoms with E-state index in [0.29, 0.717) is 13.2 Å². The van der Waals surface area contributed by atoms with Gasteiger partial charge in [0.2, 0.25) is 0 Å². The Balaban J connectivity index is 1.30. The molecule has 1 N–H and O–H groups in total. The third-order valence-corrected chi connectivity index (χ3v) is 6.11. The molecule has 34 heavy (non-hydrogen) atoms. The van der Waals surface area contributed by atoms with E-state index < -0.39 is 0 Å². The largest absolute Gasteiger partial charge is 0.493 e. The van der Waals surface area contributed by atoms with Crippen LogP contribution in [0.3, 0.4) is 0 Å². The Bertz CT molecular complexity index is 1250. The zero-order valence-electron chi connectivity index (χ0n) is 20.1. The molecule has 1 amide bonds. The number of imidazole rings is 1. The average Bonchev–Trinajstić information content (AvgIpc) is 3.20. The quantitative estimate of drug-likeness (QED) is 0.288. The Morgan fingerprint density at radius 1 is 0.882 bits per heavy atom. The molecule has 1 aromatic heterocycles. The molecule has 4 rings (SSSR count). The number of amides is 1. The lowest BCUT2D eigenvalue weighted by atomic mass is 10.1. The highest BCUT2D eigenvalue weighted by Gasteiger charge is 2.11. The van der Waals surface area contributed by atoms with Gasteiger partial charge in [-0.1, -0.05) is 48.5 Å². The van der Waals surface area contributed by atoms with Gasteiger partial charge in [0.05, 0.1) is 17.6 Å². The van der Waals surface area contributed by atoms with Gasteiger partial charge >= 0.3 is 0 Å². The van der Waals surface area contributed by atoms with Gasteiger partial charge in [-0.2, -0.15) is 0 Å². The first-order chi connectivity index (χ1) is 16.6. The topological polar surface area (TPSA) is 56.1 Å². The molecule has 0 radical (unpaired) electrons. The molecule has 176 valence electrons. The lowest BCUT2D eigenvalue weighted by molar-refractivity contribution is 0.0952. The van der Waals surface area contributed by atoms with Gasteiger partial charge in [0.1, 0.15) is 11.6 Å². The molecular weight excluding hydrogens is 422 g/mol. The maximum absolute atomic E-state index is 12.5. The minimum Gasteiger partial charge on any atom is -0.493 e. The number of carbonyl (C=O) groups excluding carboxylic acids is 1. The predicted molar refractivity (Wildman–Crippen MR) is 137 cm³/mol. The maximum Gasteiger partial charge on any atom is 0.251 e. The molecule has 0 saturated heterocycles. The number of hydrogen-bond acceptors (Lipinski definition) is 3. The van der Waals surface area contributed by atoms with Gasteiger partial charge in [0.15, 0.2) is 0 Å². The van der Waals surface area contributed by atoms with E-state index in [4.69, 9.17) is 9.72 Å². The molecular formula is C29H33N3O2. The second kappa shape index (κ2) is 11.5. The summed E-state index contributed by atoms with van der Waals surface area (Å²) >= 11 is 0. The SMILES string of the molecule is Cc1ccccc1OCCCCn1c(CCCNC(=O)c2ccccc2C)nc2ccccc21. The van der Waals surface area contributed by atoms with Crippen LogP contribution in [0.4, 0.5) is 0 Å². The molecule has 0 aliphatic rings. The number of carbonyl (C=O) groups is 1. The van der Waals surface area contributed by atoms with Crippen LogP contribution in [0.15, 0.2) is 72.8 Å². The minimum atomic E-state index is -0.0137. The number of hydrogen-bond donors (Lipinski definition) is 1. The molecule has 1 heterocycles. The van der Waals surface area contributed by atoms with Crippen molar-refractivity contribution < 1.29 is 9.53 Å². The molecule has 0 spiro atoms. The molecule has 4 aromatic rings. The van der Waals surface area contributed by atoms with Crippen LogP contribution in [0, 0.1) is 13.8 Å². The van der Waals surface area contributed by atoms with Crippen molar-refractivity contribution in [3.63, 3.8) is 0 Å². The molecule has 0 saturated carbocycles. The van der Waals surface area contributed by atoms with Crippen LogP contribution in [-0.4, -0.2) is 28.6 Å². The zero-order chi connectivity index (χ0) is 23.8. The highest BCUT2D eigenvalue weighted by molar-refractivity contribution is 5.95. The lowest BCUT2D eigenvalue weighted by Gasteiger charge is -2.11. The van der Waals surface area contributed by atoms with Gasteiger partial charge in [-0.25, -0.2) is 4.98 Å². The number of benzene rings is 3. The molecule has 0 unspecified atom stereocenters. The number of nitrogens with zero attached hydrogens (tertiary/aromatic N) is 2. The lowest BCUT2D eigenvalue weighted by Crippen LogP contribution is -2.25. The summed E-state index contributed by atoms with van der Waals surface area (Å²) in [4.78, 5) is 17.3. The Labute approximate surface area is 201 Å². The summed E-state index contributed by atoms with van der Waals surface area (Å²) < 4.78 is 8.28. The smallest absolute Gasteiger partial charge is 0.251 e. The first-order valence-corrected chi connectivity index (χ1v) is 12.1. The van der Waals surface area contributed by atoms with Crippen LogP contribution in [0.25, 0.3) is 11.0 Å². The van der Waals surface area contributed by atoms with Crippen LogP contribution >= 0.6 is 0 Å². The molecule has 0 aliphatic carbocycles. The summed E-state index contributed by atoms with van der Waals surface area (Å²) in [7, 11) is 0. The molecule has 5 heteroatoms. The Morgan fingerprint density at radius 3 is 2.44 bits per heavy atom. The molecule has 0 fully saturated rings. The van der Waals surface area contributed by atoms with Gasteiger partial charge < -0.3 is 14.6 Å². The van der Waals surface area contributed by atoms with E-state index in [0.717, 1.165) is 60.4 Å². The van der Waals surface area contributed by atoms with Crippen LogP contribution in [0.5, 0.6) is 5.75 Å². The van der Waals surface area contributed by atoms with Crippen LogP contribution in [0.2, 0.25) is 0 Å². The minimum absolute atomic E-state index is 0.0137. The third kappa shape index (κ3) is 5.84. The first kappa shape index (κ1) is 23.6. The van der Waals surface area contributed by atoms with Gasteiger partial charge in [0.25, 0.3) is 5.91 Å². The number of unbranched alkanes of at least 4 members (excludes halogenated alkanes) is 1. The monoisotopic (exact) mass is 455 g/mol. The fraction of sp³-hybridized carbons (Fsp3) is 0.310. The fourth-order valence-corrected chi connectivity index (χ4v) is 4.21. The van der Waals surface area contributed by atoms with Gasteiger partial charge in [-0.3, -0.25) is 4.79 Å². The van der Waals surface area contributed by atoms with Crippen LogP contribution in [-0.2, 0) is 13.0 Å². The summed E-state index contributed by atoms with van der Waals surface area (Å²) in [5.74, 6) is 2.02. The normalized spacial score (nSPS) is 11.0. The number of ether oxygens (including phenoxy) is 1. The van der Waals surface area contributed by atoms with Crippen molar-refractivity contribution in [1.29, 1.82) is 0 Å². The standard InChI is InChI=1S/C29H33N3O2/c1-22-12-3-5-14-24(22)29(33)30-19-11-18-28-31-25-15-6-7-16-26(25)32(28)20-9-10-21-34-27-17-8-4-13-23(27)2/h3-8,12-17H,9-11,18-21H2,1-2H3,(H,30,33). The van der Waals surface area contributed by atoms with E-state index >= 15 is 0 Å². The molecule has 0 aliphatic heterocycles. The van der Waals surface area contributed by atoms with Crippen molar-refractivity contribution in [1.82, 2.24) is 14.9 Å². The molecule has 5 nitrogen and oxygen atoms in total. The second-order valence-corrected chi connectivity index (χ2v) is 8.66. The van der Waals surface area contributed by atoms with E-state index in [1.165, 1.54) is 11.1 Å². The summed E-state index contributed by atoms with van der Waals surface area (Å²) in [6, 6.07) is 24.1. The van der Waals surface area contributed by atoms with Crippen molar-refractivity contribution >= 4 is 16.9 Å². The van der Waals surface area contributed by atoms with Crippen LogP contribution < -0.4 is 10.1 Å². The number of fused-ring (bicyclic) bond motifs is 1. The molecule has 0 bridgehead atoms. The predicted octanol–water partition coefficient (Wildman–Crippen LogP) is 5.87. The highest BCUT2D eigenvalue weighted by Crippen LogP contribution is 2.19. The third-order valence-electron chi connectivity index (χ3n) is 6.11. The van der Waals surface area contributed by atoms with E-state index in [1.807, 2.05) is 55.5 Å². The van der Waals surface area contributed by atoms with Gasteiger partial charge in [0, 0.05) is 25.1 Å². The highest BCUT2D eigenvalue weighted by atomic mass is 16.5. The molecule has 3 aromatic carbocycles. The van der Waals surface area contributed by atoms with Gasteiger partial charge in [-0.15, -0.1) is 0 Å². The number of aromatic nitrogens is 2. The second-order valence-electron chi connectivity index (χ2n) is 8.66. The summed E-state index contributed by atoms with van der Waals surface area (Å²) in [5.41, 5.74) is 5.09. The summed E-state index contributed by atoms with van der Waals surface area (Å²) in [5, 5.41) is 3.05. The number of para-hydroxylation sites is 3. The van der Waals surface area contributed by atoms with Crippen molar-refractivity contribution in [3.05, 3.63) is 95.3 Å². The number of nitrogens with one attached hydrogen (secondary N) is 1. The van der Waals surface area contributed by atoms with Crippen molar-refractivity contribution in [3.8, 4) is 5.75 Å². The number of rotatable bonds is 11. The Kier molecular flexibility index (Phi) is 7.97. The van der Waals surface area contributed by atoms with Crippen molar-refractivity contribution in [2.45, 2.75) is 46.1 Å². The zero-order valence-corrected chi connectivity index (χ0v) is 20.1. The van der Waals surface area contributed by atoms with Gasteiger partial charge in [-0.05, 0) is 68.5 Å². The summed E-state index contributed by atoms with van der Waals surface area (Å²) in [6.07, 6.45) is 3.66. The van der Waals surface area contributed by atoms with Crippen molar-refractivity contribution in [2.75, 3.05) is 13.2 Å². The van der Waals surface area contributed by atoms with Crippen molar-refractivity contribution in [2.24, 2.45) is 0 Å². The Morgan fingerprint density at radius 2 is 1.62 bits per heavy atom. The van der Waals surface area contributed by atoms with E-state index in [1.54, 1.807) is 0 Å². The average molecular weight is 456 g/mol. The first-order valence-electron chi connectivity index (χ1n) is 12.1. The van der Waals surface area contributed by atoms with E-state index in [2.05, 4.69) is 41.1 Å². The van der Waals surface area contributed by atoms with E-state index in [9.17, 15) is 4.79 Å². The maximum atomic E-state index is 12.5. The summed E-state index contributed by atoms with van der Waals surface area (Å²) in [6.45, 7) is 6.27. The molecule has 0 atom stereocenters. The van der Waals surface area contributed by atoms with Crippen LogP contribution in [0.1, 0.15) is 46.6 Å².